The fraction of sp³-hybridized carbons (Fsp3) is 0.409. The normalized spacial score (nSPS) is 12.9. The van der Waals surface area contributed by atoms with Gasteiger partial charge in [-0.15, -0.1) is 0 Å². The number of amides is 1. The monoisotopic (exact) mass is 400 g/mol. The Hall–Kier alpha value is -2.93. The van der Waals surface area contributed by atoms with Crippen LogP contribution in [0.25, 0.3) is 0 Å². The Balaban J connectivity index is 2.07. The van der Waals surface area contributed by atoms with Crippen molar-refractivity contribution in [1.82, 2.24) is 4.98 Å². The summed E-state index contributed by atoms with van der Waals surface area (Å²) in [5, 5.41) is 2.85. The third-order valence-corrected chi connectivity index (χ3v) is 5.07. The number of nitrogens with one attached hydrogen (secondary N) is 3. The summed E-state index contributed by atoms with van der Waals surface area (Å²) in [5.74, 6) is -0.761. The zero-order valence-electron chi connectivity index (χ0n) is 17.9. The van der Waals surface area contributed by atoms with Gasteiger partial charge in [0.25, 0.3) is 5.91 Å². The van der Waals surface area contributed by atoms with Crippen molar-refractivity contribution in [2.75, 3.05) is 25.5 Å². The Kier molecular flexibility index (Phi) is 7.34. The number of ether oxygens (including phenoxy) is 1. The minimum Gasteiger partial charge on any atom is -0.462 e. The van der Waals surface area contributed by atoms with Gasteiger partial charge in [0.05, 0.1) is 24.9 Å². The van der Waals surface area contributed by atoms with Gasteiger partial charge in [-0.25, -0.2) is 4.79 Å². The molecule has 2 rings (SSSR count). The van der Waals surface area contributed by atoms with E-state index in [4.69, 9.17) is 4.74 Å². The van der Waals surface area contributed by atoms with Gasteiger partial charge >= 0.3 is 5.97 Å². The molecular weight excluding hydrogens is 370 g/mol. The molecular formula is C22H30N3O4+. The van der Waals surface area contributed by atoms with Crippen molar-refractivity contribution in [3.63, 3.8) is 0 Å². The number of likely N-dealkylation sites (N-methyl/N-ethyl adjacent to an activating group) is 1. The van der Waals surface area contributed by atoms with Crippen molar-refractivity contribution in [3.05, 3.63) is 52.3 Å². The van der Waals surface area contributed by atoms with E-state index in [-0.39, 0.29) is 24.8 Å². The SMILES string of the molecule is CCOC(=O)c1c(C)[nH]c(C(=O)[C@@H](C)[NH+](C)CC(=O)Nc2ccc(C)cc2)c1C. The van der Waals surface area contributed by atoms with Crippen LogP contribution in [0.2, 0.25) is 0 Å². The Bertz CT molecular complexity index is 900. The van der Waals surface area contributed by atoms with E-state index in [1.807, 2.05) is 31.2 Å². The number of H-pyrrole nitrogens is 1. The van der Waals surface area contributed by atoms with Crippen molar-refractivity contribution >= 4 is 23.3 Å². The van der Waals surface area contributed by atoms with Gasteiger partial charge in [0.1, 0.15) is 0 Å². The van der Waals surface area contributed by atoms with Crippen LogP contribution in [0.4, 0.5) is 5.69 Å². The molecule has 2 atom stereocenters. The molecule has 0 saturated heterocycles. The molecule has 3 N–H and O–H groups in total. The molecule has 156 valence electrons. The van der Waals surface area contributed by atoms with Gasteiger partial charge in [-0.1, -0.05) is 17.7 Å². The van der Waals surface area contributed by atoms with Gasteiger partial charge in [0.15, 0.2) is 12.6 Å². The molecule has 7 nitrogen and oxygen atoms in total. The fourth-order valence-electron chi connectivity index (χ4n) is 3.19. The van der Waals surface area contributed by atoms with E-state index in [1.165, 1.54) is 0 Å². The third kappa shape index (κ3) is 5.32. The summed E-state index contributed by atoms with van der Waals surface area (Å²) in [6, 6.07) is 7.08. The van der Waals surface area contributed by atoms with Crippen LogP contribution in [0.3, 0.4) is 0 Å². The summed E-state index contributed by atoms with van der Waals surface area (Å²) in [4.78, 5) is 41.3. The predicted octanol–water partition coefficient (Wildman–Crippen LogP) is 1.84. The van der Waals surface area contributed by atoms with Crippen LogP contribution in [0.5, 0.6) is 0 Å². The number of Topliss-reactive ketones (excluding diaryl/α,β-unsaturated/α-hetero) is 1. The van der Waals surface area contributed by atoms with E-state index in [0.717, 1.165) is 16.2 Å². The van der Waals surface area contributed by atoms with Crippen molar-refractivity contribution < 1.29 is 24.0 Å². The molecule has 0 saturated carbocycles. The standard InChI is InChI=1S/C22H29N3O4/c1-7-29-22(28)19-14(3)20(23-15(19)4)21(27)16(5)25(6)12-18(26)24-17-10-8-13(2)9-11-17/h8-11,16,23H,7,12H2,1-6H3,(H,24,26)/p+1/t16-/m1/s1. The van der Waals surface area contributed by atoms with Gasteiger partial charge in [-0.2, -0.15) is 0 Å². The van der Waals surface area contributed by atoms with Gasteiger partial charge in [-0.3, -0.25) is 9.59 Å². The molecule has 1 aromatic heterocycles. The second kappa shape index (κ2) is 9.52. The van der Waals surface area contributed by atoms with Crippen LogP contribution in [-0.2, 0) is 9.53 Å². The first kappa shape index (κ1) is 22.4. The van der Waals surface area contributed by atoms with E-state index < -0.39 is 12.0 Å². The van der Waals surface area contributed by atoms with Crippen molar-refractivity contribution in [1.29, 1.82) is 0 Å². The molecule has 1 unspecified atom stereocenters. The zero-order chi connectivity index (χ0) is 21.7. The number of benzene rings is 1. The highest BCUT2D eigenvalue weighted by molar-refractivity contribution is 6.03. The van der Waals surface area contributed by atoms with Gasteiger partial charge in [0, 0.05) is 11.4 Å². The maximum atomic E-state index is 13.0. The first-order valence-electron chi connectivity index (χ1n) is 9.75. The lowest BCUT2D eigenvalue weighted by molar-refractivity contribution is -0.885. The second-order valence-corrected chi connectivity index (χ2v) is 7.37. The van der Waals surface area contributed by atoms with Gasteiger partial charge < -0.3 is 19.9 Å². The number of carbonyl (C=O) groups excluding carboxylic acids is 3. The van der Waals surface area contributed by atoms with E-state index >= 15 is 0 Å². The first-order chi connectivity index (χ1) is 13.6. The third-order valence-electron chi connectivity index (χ3n) is 5.07. The number of anilines is 1. The van der Waals surface area contributed by atoms with Crippen LogP contribution in [0.1, 0.15) is 51.5 Å². The number of aromatic amines is 1. The topological polar surface area (TPSA) is 92.7 Å². The van der Waals surface area contributed by atoms with Crippen molar-refractivity contribution in [2.24, 2.45) is 0 Å². The zero-order valence-corrected chi connectivity index (χ0v) is 17.9. The maximum absolute atomic E-state index is 13.0. The molecule has 2 aromatic rings. The van der Waals surface area contributed by atoms with Crippen LogP contribution in [0, 0.1) is 20.8 Å². The van der Waals surface area contributed by atoms with E-state index in [0.29, 0.717) is 22.5 Å². The molecule has 1 heterocycles. The summed E-state index contributed by atoms with van der Waals surface area (Å²) >= 11 is 0. The predicted molar refractivity (Wildman–Crippen MR) is 112 cm³/mol. The molecule has 0 radical (unpaired) electrons. The summed E-state index contributed by atoms with van der Waals surface area (Å²) in [7, 11) is 1.80. The molecule has 0 aliphatic carbocycles. The summed E-state index contributed by atoms with van der Waals surface area (Å²) < 4.78 is 5.08. The number of carbonyl (C=O) groups is 3. The van der Waals surface area contributed by atoms with Crippen molar-refractivity contribution in [3.8, 4) is 0 Å². The number of aryl methyl sites for hydroxylation is 2. The number of hydrogen-bond donors (Lipinski definition) is 3. The summed E-state index contributed by atoms with van der Waals surface area (Å²) in [6.45, 7) is 9.38. The fourth-order valence-corrected chi connectivity index (χ4v) is 3.19. The molecule has 1 aromatic carbocycles. The lowest BCUT2D eigenvalue weighted by atomic mass is 10.0. The number of quaternary nitrogens is 1. The number of hydrogen-bond acceptors (Lipinski definition) is 4. The van der Waals surface area contributed by atoms with Crippen LogP contribution >= 0.6 is 0 Å². The largest absolute Gasteiger partial charge is 0.462 e. The summed E-state index contributed by atoms with van der Waals surface area (Å²) in [5.41, 5.74) is 3.81. The molecule has 0 aliphatic rings. The Labute approximate surface area is 171 Å². The van der Waals surface area contributed by atoms with Gasteiger partial charge in [-0.05, 0) is 52.3 Å². The maximum Gasteiger partial charge on any atom is 0.340 e. The van der Waals surface area contributed by atoms with E-state index in [1.54, 1.807) is 34.7 Å². The van der Waals surface area contributed by atoms with Crippen molar-refractivity contribution in [2.45, 2.75) is 40.7 Å². The van der Waals surface area contributed by atoms with E-state index in [2.05, 4.69) is 10.3 Å². The van der Waals surface area contributed by atoms with Gasteiger partial charge in [0.2, 0.25) is 5.78 Å². The van der Waals surface area contributed by atoms with Crippen LogP contribution < -0.4 is 10.2 Å². The highest BCUT2D eigenvalue weighted by Gasteiger charge is 2.30. The Morgan fingerprint density at radius 3 is 2.34 bits per heavy atom. The summed E-state index contributed by atoms with van der Waals surface area (Å²) in [6.07, 6.45) is 0. The average Bonchev–Trinajstić information content (AvgIpc) is 2.96. The molecule has 0 aliphatic heterocycles. The Morgan fingerprint density at radius 2 is 1.76 bits per heavy atom. The average molecular weight is 400 g/mol. The smallest absolute Gasteiger partial charge is 0.340 e. The quantitative estimate of drug-likeness (QED) is 0.466. The number of aromatic nitrogens is 1. The lowest BCUT2D eigenvalue weighted by Crippen LogP contribution is -3.14. The molecule has 0 spiro atoms. The molecule has 7 heteroatoms. The molecule has 0 fully saturated rings. The highest BCUT2D eigenvalue weighted by Crippen LogP contribution is 2.20. The molecule has 29 heavy (non-hydrogen) atoms. The first-order valence-corrected chi connectivity index (χ1v) is 9.75. The minimum atomic E-state index is -0.467. The second-order valence-electron chi connectivity index (χ2n) is 7.37. The minimum absolute atomic E-state index is 0.143. The lowest BCUT2D eigenvalue weighted by Gasteiger charge is -2.20. The number of esters is 1. The Morgan fingerprint density at radius 1 is 1.14 bits per heavy atom. The highest BCUT2D eigenvalue weighted by atomic mass is 16.5. The van der Waals surface area contributed by atoms with E-state index in [9.17, 15) is 14.4 Å². The van der Waals surface area contributed by atoms with Crippen LogP contribution in [0.15, 0.2) is 24.3 Å². The molecule has 1 amide bonds. The van der Waals surface area contributed by atoms with Crippen LogP contribution in [-0.4, -0.2) is 48.9 Å². The molecule has 0 bridgehead atoms. The number of ketones is 1. The number of rotatable bonds is 8.